The predicted molar refractivity (Wildman–Crippen MR) is 120 cm³/mol. The second-order valence-corrected chi connectivity index (χ2v) is 8.77. The van der Waals surface area contributed by atoms with E-state index >= 15 is 0 Å². The summed E-state index contributed by atoms with van der Waals surface area (Å²) in [7, 11) is 0. The molecule has 2 aromatic rings. The van der Waals surface area contributed by atoms with Crippen molar-refractivity contribution in [1.82, 2.24) is 10.2 Å². The Morgan fingerprint density at radius 2 is 1.63 bits per heavy atom. The first-order chi connectivity index (χ1) is 16.6. The van der Waals surface area contributed by atoms with E-state index in [1.54, 1.807) is 6.92 Å². The van der Waals surface area contributed by atoms with E-state index in [1.165, 1.54) is 0 Å². The number of carboxylic acids is 1. The number of nitrogens with zero attached hydrogens (tertiary/aromatic N) is 1. The van der Waals surface area contributed by atoms with Crippen molar-refractivity contribution in [3.63, 3.8) is 0 Å². The van der Waals surface area contributed by atoms with Crippen molar-refractivity contribution in [2.24, 2.45) is 11.8 Å². The number of likely N-dealkylation sites (tertiary alicyclic amines) is 1. The van der Waals surface area contributed by atoms with Gasteiger partial charge in [0.2, 0.25) is 5.91 Å². The van der Waals surface area contributed by atoms with Gasteiger partial charge in [-0.3, -0.25) is 9.59 Å². The van der Waals surface area contributed by atoms with E-state index in [4.69, 9.17) is 4.74 Å². The molecule has 3 atom stereocenters. The van der Waals surface area contributed by atoms with Crippen molar-refractivity contribution in [2.45, 2.75) is 31.5 Å². The van der Waals surface area contributed by atoms with E-state index in [2.05, 4.69) is 5.32 Å². The van der Waals surface area contributed by atoms with Gasteiger partial charge in [0.1, 0.15) is 12.6 Å². The molecular formula is C25H25F3N2O5. The van der Waals surface area contributed by atoms with E-state index in [-0.39, 0.29) is 18.9 Å². The number of aliphatic carboxylic acids is 1. The number of carbonyl (C=O) groups is 3. The monoisotopic (exact) mass is 490 g/mol. The SMILES string of the molecule is CC[C@H](NC(=O)OCC1c2ccccc2-c2ccccc21)C(=O)N1C[C@H](C(=O)O)[C@@H](C(F)(F)F)C1. The van der Waals surface area contributed by atoms with Gasteiger partial charge in [-0.1, -0.05) is 55.5 Å². The zero-order valence-corrected chi connectivity index (χ0v) is 18.9. The number of alkyl carbamates (subject to hydrolysis) is 1. The zero-order chi connectivity index (χ0) is 25.3. The number of benzene rings is 2. The van der Waals surface area contributed by atoms with Crippen LogP contribution in [0.4, 0.5) is 18.0 Å². The van der Waals surface area contributed by atoms with E-state index in [0.717, 1.165) is 27.2 Å². The molecule has 0 spiro atoms. The molecule has 35 heavy (non-hydrogen) atoms. The number of nitrogens with one attached hydrogen (secondary N) is 1. The quantitative estimate of drug-likeness (QED) is 0.638. The first-order valence-corrected chi connectivity index (χ1v) is 11.3. The van der Waals surface area contributed by atoms with E-state index < -0.39 is 55.1 Å². The number of hydrogen-bond acceptors (Lipinski definition) is 4. The van der Waals surface area contributed by atoms with Gasteiger partial charge in [0, 0.05) is 19.0 Å². The van der Waals surface area contributed by atoms with Crippen molar-refractivity contribution in [3.8, 4) is 11.1 Å². The average Bonchev–Trinajstić information content (AvgIpc) is 3.42. The van der Waals surface area contributed by atoms with Gasteiger partial charge in [-0.05, 0) is 28.7 Å². The highest BCUT2D eigenvalue weighted by Crippen LogP contribution is 2.44. The number of amides is 2. The molecule has 1 fully saturated rings. The molecule has 1 aliphatic heterocycles. The van der Waals surface area contributed by atoms with Crippen molar-refractivity contribution < 1.29 is 37.4 Å². The summed E-state index contributed by atoms with van der Waals surface area (Å²) < 4.78 is 45.2. The lowest BCUT2D eigenvalue weighted by Gasteiger charge is -2.24. The lowest BCUT2D eigenvalue weighted by molar-refractivity contribution is -0.188. The third-order valence-corrected chi connectivity index (χ3v) is 6.71. The van der Waals surface area contributed by atoms with Gasteiger partial charge in [0.15, 0.2) is 0 Å². The van der Waals surface area contributed by atoms with Gasteiger partial charge in [-0.15, -0.1) is 0 Å². The molecule has 10 heteroatoms. The Morgan fingerprint density at radius 1 is 1.06 bits per heavy atom. The van der Waals surface area contributed by atoms with Crippen molar-refractivity contribution in [2.75, 3.05) is 19.7 Å². The molecule has 1 saturated heterocycles. The first kappa shape index (κ1) is 24.6. The van der Waals surface area contributed by atoms with Crippen LogP contribution in [0.1, 0.15) is 30.4 Å². The maximum Gasteiger partial charge on any atom is 0.407 e. The van der Waals surface area contributed by atoms with E-state index in [9.17, 15) is 32.7 Å². The van der Waals surface area contributed by atoms with Gasteiger partial charge in [-0.2, -0.15) is 13.2 Å². The highest BCUT2D eigenvalue weighted by atomic mass is 19.4. The predicted octanol–water partition coefficient (Wildman–Crippen LogP) is 4.03. The second-order valence-electron chi connectivity index (χ2n) is 8.77. The number of rotatable bonds is 6. The summed E-state index contributed by atoms with van der Waals surface area (Å²) in [6.07, 6.45) is -5.51. The molecule has 0 bridgehead atoms. The van der Waals surface area contributed by atoms with E-state index in [0.29, 0.717) is 0 Å². The molecule has 2 aromatic carbocycles. The van der Waals surface area contributed by atoms with Crippen LogP contribution >= 0.6 is 0 Å². The number of carbonyl (C=O) groups excluding carboxylic acids is 2. The second kappa shape index (κ2) is 9.59. The standard InChI is InChI=1S/C25H25F3N2O5/c1-2-21(22(31)30-11-18(23(32)33)20(12-30)25(26,27)28)29-24(34)35-13-19-16-9-5-3-7-14(16)15-8-4-6-10-17(15)19/h3-10,18-21H,2,11-13H2,1H3,(H,29,34)(H,32,33)/t18-,20-,21-/m0/s1. The smallest absolute Gasteiger partial charge is 0.407 e. The molecule has 1 heterocycles. The molecule has 2 aliphatic rings. The molecule has 2 amide bonds. The fourth-order valence-electron chi connectivity index (χ4n) is 4.91. The van der Waals surface area contributed by atoms with Crippen LogP contribution < -0.4 is 5.32 Å². The highest BCUT2D eigenvalue weighted by Gasteiger charge is 2.54. The minimum Gasteiger partial charge on any atom is -0.481 e. The van der Waals surface area contributed by atoms with Crippen molar-refractivity contribution in [3.05, 3.63) is 59.7 Å². The maximum atomic E-state index is 13.3. The summed E-state index contributed by atoms with van der Waals surface area (Å²) in [5.74, 6) is -6.47. The molecule has 4 rings (SSSR count). The Labute approximate surface area is 199 Å². The van der Waals surface area contributed by atoms with Crippen molar-refractivity contribution >= 4 is 18.0 Å². The Hall–Kier alpha value is -3.56. The van der Waals surface area contributed by atoms with Gasteiger partial charge >= 0.3 is 18.2 Å². The third kappa shape index (κ3) is 4.82. The topological polar surface area (TPSA) is 95.9 Å². The van der Waals surface area contributed by atoms with Crippen LogP contribution in [0.5, 0.6) is 0 Å². The fourth-order valence-corrected chi connectivity index (χ4v) is 4.91. The molecule has 2 N–H and O–H groups in total. The van der Waals surface area contributed by atoms with Crippen LogP contribution in [0.2, 0.25) is 0 Å². The van der Waals surface area contributed by atoms with E-state index in [1.807, 2.05) is 48.5 Å². The first-order valence-electron chi connectivity index (χ1n) is 11.3. The van der Waals surface area contributed by atoms with Crippen LogP contribution in [0.3, 0.4) is 0 Å². The number of fused-ring (bicyclic) bond motifs is 3. The molecule has 7 nitrogen and oxygen atoms in total. The number of ether oxygens (including phenoxy) is 1. The van der Waals surface area contributed by atoms with Gasteiger partial charge in [0.05, 0.1) is 11.8 Å². The Morgan fingerprint density at radius 3 is 2.11 bits per heavy atom. The Bertz CT molecular complexity index is 1090. The summed E-state index contributed by atoms with van der Waals surface area (Å²) >= 11 is 0. The van der Waals surface area contributed by atoms with Crippen LogP contribution in [0.25, 0.3) is 11.1 Å². The van der Waals surface area contributed by atoms with Crippen LogP contribution in [0, 0.1) is 11.8 Å². The van der Waals surface area contributed by atoms with Crippen molar-refractivity contribution in [1.29, 1.82) is 0 Å². The number of carboxylic acid groups (broad SMARTS) is 1. The zero-order valence-electron chi connectivity index (χ0n) is 18.9. The summed E-state index contributed by atoms with van der Waals surface area (Å²) in [6, 6.07) is 14.4. The normalized spacial score (nSPS) is 20.2. The number of hydrogen-bond donors (Lipinski definition) is 2. The fraction of sp³-hybridized carbons (Fsp3) is 0.400. The molecule has 0 saturated carbocycles. The maximum absolute atomic E-state index is 13.3. The van der Waals surface area contributed by atoms with Gasteiger partial charge in [-0.25, -0.2) is 4.79 Å². The molecule has 1 aliphatic carbocycles. The van der Waals surface area contributed by atoms with Gasteiger partial charge < -0.3 is 20.1 Å². The molecular weight excluding hydrogens is 465 g/mol. The highest BCUT2D eigenvalue weighted by molar-refractivity contribution is 5.87. The van der Waals surface area contributed by atoms with Crippen LogP contribution in [0.15, 0.2) is 48.5 Å². The minimum absolute atomic E-state index is 0.0193. The lowest BCUT2D eigenvalue weighted by Crippen LogP contribution is -2.48. The lowest BCUT2D eigenvalue weighted by atomic mass is 9.96. The largest absolute Gasteiger partial charge is 0.481 e. The third-order valence-electron chi connectivity index (χ3n) is 6.71. The molecule has 0 aromatic heterocycles. The molecule has 0 unspecified atom stereocenters. The number of halogens is 3. The summed E-state index contributed by atoms with van der Waals surface area (Å²) in [5, 5.41) is 11.6. The molecule has 186 valence electrons. The summed E-state index contributed by atoms with van der Waals surface area (Å²) in [4.78, 5) is 37.5. The Kier molecular flexibility index (Phi) is 6.73. The van der Waals surface area contributed by atoms with Gasteiger partial charge in [0.25, 0.3) is 0 Å². The average molecular weight is 490 g/mol. The summed E-state index contributed by atoms with van der Waals surface area (Å²) in [5.41, 5.74) is 4.14. The molecule has 0 radical (unpaired) electrons. The minimum atomic E-state index is -4.75. The number of alkyl halides is 3. The Balaban J connectivity index is 1.40. The van der Waals surface area contributed by atoms with Crippen LogP contribution in [-0.4, -0.2) is 59.9 Å². The summed E-state index contributed by atoms with van der Waals surface area (Å²) in [6.45, 7) is 0.285. The van der Waals surface area contributed by atoms with Crippen LogP contribution in [-0.2, 0) is 14.3 Å².